The molecule has 1 amide bonds. The maximum atomic E-state index is 12.2. The van der Waals surface area contributed by atoms with Gasteiger partial charge < -0.3 is 9.64 Å². The summed E-state index contributed by atoms with van der Waals surface area (Å²) in [5.41, 5.74) is 0. The number of nitrogens with zero attached hydrogens (tertiary/aromatic N) is 2. The summed E-state index contributed by atoms with van der Waals surface area (Å²) in [4.78, 5) is 16.1. The van der Waals surface area contributed by atoms with E-state index in [1.807, 2.05) is 23.6 Å². The summed E-state index contributed by atoms with van der Waals surface area (Å²) in [5.74, 6) is 0.153. The summed E-state index contributed by atoms with van der Waals surface area (Å²) in [6.45, 7) is 14.6. The average molecular weight is 252 g/mol. The third-order valence-electron chi connectivity index (χ3n) is 2.91. The fourth-order valence-corrected chi connectivity index (χ4v) is 2.24. The first-order chi connectivity index (χ1) is 8.56. The third kappa shape index (κ3) is 4.63. The lowest BCUT2D eigenvalue weighted by Crippen LogP contribution is -2.51. The van der Waals surface area contributed by atoms with Crippen molar-refractivity contribution in [3.05, 3.63) is 25.3 Å². The van der Waals surface area contributed by atoms with Gasteiger partial charge in [0.1, 0.15) is 0 Å². The molecular formula is C14H24N2O2. The predicted octanol–water partition coefficient (Wildman–Crippen LogP) is 1.30. The Kier molecular flexibility index (Phi) is 6.09. The van der Waals surface area contributed by atoms with E-state index in [0.29, 0.717) is 32.7 Å². The molecular weight excluding hydrogens is 228 g/mol. The van der Waals surface area contributed by atoms with Crippen LogP contribution in [0.15, 0.2) is 25.3 Å². The minimum atomic E-state index is 0.116. The summed E-state index contributed by atoms with van der Waals surface area (Å²) in [5, 5.41) is 0. The van der Waals surface area contributed by atoms with Gasteiger partial charge in [0.2, 0.25) is 5.91 Å². The Morgan fingerprint density at radius 2 is 1.78 bits per heavy atom. The van der Waals surface area contributed by atoms with Crippen LogP contribution in [-0.2, 0) is 9.53 Å². The van der Waals surface area contributed by atoms with Crippen molar-refractivity contribution in [3.63, 3.8) is 0 Å². The van der Waals surface area contributed by atoms with Crippen LogP contribution in [0.5, 0.6) is 0 Å². The van der Waals surface area contributed by atoms with Crippen molar-refractivity contribution in [1.82, 2.24) is 9.80 Å². The van der Waals surface area contributed by atoms with Crippen molar-refractivity contribution < 1.29 is 9.53 Å². The molecule has 4 heteroatoms. The van der Waals surface area contributed by atoms with Gasteiger partial charge in [-0.3, -0.25) is 9.69 Å². The van der Waals surface area contributed by atoms with Crippen molar-refractivity contribution in [1.29, 1.82) is 0 Å². The quantitative estimate of drug-likeness (QED) is 0.668. The Morgan fingerprint density at radius 3 is 2.22 bits per heavy atom. The Labute approximate surface area is 110 Å². The summed E-state index contributed by atoms with van der Waals surface area (Å²) >= 11 is 0. The molecule has 18 heavy (non-hydrogen) atoms. The second-order valence-electron chi connectivity index (χ2n) is 4.83. The molecule has 0 N–H and O–H groups in total. The second kappa shape index (κ2) is 7.34. The minimum absolute atomic E-state index is 0.116. The minimum Gasteiger partial charge on any atom is -0.372 e. The highest BCUT2D eigenvalue weighted by molar-refractivity contribution is 5.78. The SMILES string of the molecule is C=CCN(CC=C)CC(=O)N1CC(C)OC(C)C1. The van der Waals surface area contributed by atoms with Crippen LogP contribution in [0.4, 0.5) is 0 Å². The van der Waals surface area contributed by atoms with Gasteiger partial charge in [-0.05, 0) is 13.8 Å². The maximum absolute atomic E-state index is 12.2. The second-order valence-corrected chi connectivity index (χ2v) is 4.83. The maximum Gasteiger partial charge on any atom is 0.236 e. The number of morpholine rings is 1. The lowest BCUT2D eigenvalue weighted by atomic mass is 10.2. The largest absolute Gasteiger partial charge is 0.372 e. The van der Waals surface area contributed by atoms with E-state index in [2.05, 4.69) is 13.2 Å². The molecule has 0 aliphatic carbocycles. The van der Waals surface area contributed by atoms with Gasteiger partial charge in [-0.15, -0.1) is 13.2 Å². The number of carbonyl (C=O) groups is 1. The van der Waals surface area contributed by atoms with Crippen LogP contribution in [0.3, 0.4) is 0 Å². The molecule has 0 saturated carbocycles. The first-order valence-corrected chi connectivity index (χ1v) is 6.44. The van der Waals surface area contributed by atoms with Gasteiger partial charge in [0, 0.05) is 26.2 Å². The molecule has 0 aromatic carbocycles. The van der Waals surface area contributed by atoms with E-state index in [1.54, 1.807) is 12.2 Å². The average Bonchev–Trinajstić information content (AvgIpc) is 2.28. The Morgan fingerprint density at radius 1 is 1.28 bits per heavy atom. The van der Waals surface area contributed by atoms with Crippen molar-refractivity contribution in [2.75, 3.05) is 32.7 Å². The van der Waals surface area contributed by atoms with Gasteiger partial charge in [0.05, 0.1) is 18.8 Å². The van der Waals surface area contributed by atoms with E-state index in [9.17, 15) is 4.79 Å². The highest BCUT2D eigenvalue weighted by Gasteiger charge is 2.26. The van der Waals surface area contributed by atoms with Crippen LogP contribution >= 0.6 is 0 Å². The smallest absolute Gasteiger partial charge is 0.236 e. The summed E-state index contributed by atoms with van der Waals surface area (Å²) in [6.07, 6.45) is 3.85. The monoisotopic (exact) mass is 252 g/mol. The van der Waals surface area contributed by atoms with E-state index in [1.165, 1.54) is 0 Å². The number of rotatable bonds is 6. The third-order valence-corrected chi connectivity index (χ3v) is 2.91. The molecule has 2 unspecified atom stereocenters. The summed E-state index contributed by atoms with van der Waals surface area (Å²) < 4.78 is 5.63. The lowest BCUT2D eigenvalue weighted by Gasteiger charge is -2.36. The highest BCUT2D eigenvalue weighted by Crippen LogP contribution is 2.11. The zero-order valence-electron chi connectivity index (χ0n) is 11.5. The number of amides is 1. The molecule has 1 saturated heterocycles. The van der Waals surface area contributed by atoms with Crippen molar-refractivity contribution in [2.45, 2.75) is 26.1 Å². The molecule has 1 rings (SSSR count). The molecule has 2 atom stereocenters. The molecule has 0 radical (unpaired) electrons. The first kappa shape index (κ1) is 14.9. The molecule has 1 fully saturated rings. The van der Waals surface area contributed by atoms with Crippen molar-refractivity contribution in [3.8, 4) is 0 Å². The van der Waals surface area contributed by atoms with Gasteiger partial charge in [-0.25, -0.2) is 0 Å². The zero-order valence-corrected chi connectivity index (χ0v) is 11.5. The number of carbonyl (C=O) groups excluding carboxylic acids is 1. The zero-order chi connectivity index (χ0) is 13.5. The van der Waals surface area contributed by atoms with E-state index in [4.69, 9.17) is 4.74 Å². The molecule has 102 valence electrons. The topological polar surface area (TPSA) is 32.8 Å². The fourth-order valence-electron chi connectivity index (χ4n) is 2.24. The van der Waals surface area contributed by atoms with Crippen molar-refractivity contribution in [2.24, 2.45) is 0 Å². The predicted molar refractivity (Wildman–Crippen MR) is 73.4 cm³/mol. The molecule has 1 heterocycles. The summed E-state index contributed by atoms with van der Waals surface area (Å²) in [6, 6.07) is 0. The Bertz CT molecular complexity index is 284. The van der Waals surface area contributed by atoms with E-state index in [-0.39, 0.29) is 18.1 Å². The van der Waals surface area contributed by atoms with E-state index < -0.39 is 0 Å². The van der Waals surface area contributed by atoms with E-state index in [0.717, 1.165) is 0 Å². The molecule has 0 aromatic rings. The van der Waals surface area contributed by atoms with Gasteiger partial charge in [0.25, 0.3) is 0 Å². The molecule has 0 aromatic heterocycles. The van der Waals surface area contributed by atoms with Gasteiger partial charge in [-0.1, -0.05) is 12.2 Å². The number of ether oxygens (including phenoxy) is 1. The van der Waals surface area contributed by atoms with Crippen molar-refractivity contribution >= 4 is 5.91 Å². The standard InChI is InChI=1S/C14H24N2O2/c1-5-7-15(8-6-2)11-14(17)16-9-12(3)18-13(4)10-16/h5-6,12-13H,1-2,7-11H2,3-4H3. The molecule has 1 aliphatic heterocycles. The molecule has 4 nitrogen and oxygen atoms in total. The van der Waals surface area contributed by atoms with Gasteiger partial charge in [0.15, 0.2) is 0 Å². The summed E-state index contributed by atoms with van der Waals surface area (Å²) in [7, 11) is 0. The van der Waals surface area contributed by atoms with Crippen LogP contribution in [0.2, 0.25) is 0 Å². The Balaban J connectivity index is 2.51. The van der Waals surface area contributed by atoms with Crippen LogP contribution in [0.1, 0.15) is 13.8 Å². The first-order valence-electron chi connectivity index (χ1n) is 6.44. The molecule has 0 spiro atoms. The Hall–Kier alpha value is -1.13. The van der Waals surface area contributed by atoms with E-state index >= 15 is 0 Å². The fraction of sp³-hybridized carbons (Fsp3) is 0.643. The van der Waals surface area contributed by atoms with Crippen LogP contribution in [-0.4, -0.2) is 60.6 Å². The lowest BCUT2D eigenvalue weighted by molar-refractivity contribution is -0.144. The molecule has 1 aliphatic rings. The molecule has 0 bridgehead atoms. The van der Waals surface area contributed by atoms with Gasteiger partial charge >= 0.3 is 0 Å². The highest BCUT2D eigenvalue weighted by atomic mass is 16.5. The van der Waals surface area contributed by atoms with Crippen LogP contribution in [0.25, 0.3) is 0 Å². The van der Waals surface area contributed by atoms with Crippen LogP contribution in [0, 0.1) is 0 Å². The number of hydrogen-bond acceptors (Lipinski definition) is 3. The number of hydrogen-bond donors (Lipinski definition) is 0. The van der Waals surface area contributed by atoms with Gasteiger partial charge in [-0.2, -0.15) is 0 Å². The normalized spacial score (nSPS) is 24.1. The van der Waals surface area contributed by atoms with Crippen LogP contribution < -0.4 is 0 Å².